The van der Waals surface area contributed by atoms with E-state index in [4.69, 9.17) is 0 Å². The average molecular weight is 311 g/mol. The smallest absolute Gasteiger partial charge is 0.244 e. The highest BCUT2D eigenvalue weighted by molar-refractivity contribution is 5.95. The van der Waals surface area contributed by atoms with E-state index in [1.807, 2.05) is 50.2 Å². The Bertz CT molecular complexity index is 678. The molecule has 0 bridgehead atoms. The summed E-state index contributed by atoms with van der Waals surface area (Å²) >= 11 is 0. The maximum atomic E-state index is 12.3. The van der Waals surface area contributed by atoms with Gasteiger partial charge in [0.1, 0.15) is 6.54 Å². The quantitative estimate of drug-likeness (QED) is 0.923. The molecule has 1 N–H and O–H groups in total. The van der Waals surface area contributed by atoms with Crippen LogP contribution in [0.15, 0.2) is 42.6 Å². The van der Waals surface area contributed by atoms with Crippen molar-refractivity contribution in [1.29, 1.82) is 0 Å². The molecule has 120 valence electrons. The molecule has 1 heterocycles. The number of rotatable bonds is 5. The van der Waals surface area contributed by atoms with Crippen LogP contribution >= 0.6 is 0 Å². The molecule has 23 heavy (non-hydrogen) atoms. The number of hydrogen-bond acceptors (Lipinski definition) is 3. The van der Waals surface area contributed by atoms with E-state index in [-0.39, 0.29) is 18.4 Å². The Kier molecular flexibility index (Phi) is 5.46. The monoisotopic (exact) mass is 311 g/mol. The molecule has 0 spiro atoms. The number of para-hydroxylation sites is 1. The third-order valence-electron chi connectivity index (χ3n) is 3.60. The summed E-state index contributed by atoms with van der Waals surface area (Å²) in [6.45, 7) is 5.66. The third kappa shape index (κ3) is 4.64. The summed E-state index contributed by atoms with van der Waals surface area (Å²) < 4.78 is 0. The number of aryl methyl sites for hydroxylation is 2. The number of pyridine rings is 1. The van der Waals surface area contributed by atoms with Gasteiger partial charge < -0.3 is 10.2 Å². The lowest BCUT2D eigenvalue weighted by molar-refractivity contribution is -0.133. The molecule has 0 saturated carbocycles. The minimum Gasteiger partial charge on any atom is -0.328 e. The van der Waals surface area contributed by atoms with Gasteiger partial charge in [-0.1, -0.05) is 24.3 Å². The van der Waals surface area contributed by atoms with E-state index in [1.54, 1.807) is 6.20 Å². The van der Waals surface area contributed by atoms with Crippen molar-refractivity contribution in [3.63, 3.8) is 0 Å². The van der Waals surface area contributed by atoms with Crippen LogP contribution in [-0.4, -0.2) is 28.2 Å². The van der Waals surface area contributed by atoms with Crippen molar-refractivity contribution in [2.45, 2.75) is 27.3 Å². The molecule has 0 aliphatic heterocycles. The molecule has 0 unspecified atom stereocenters. The van der Waals surface area contributed by atoms with Crippen LogP contribution in [0.4, 0.5) is 5.69 Å². The van der Waals surface area contributed by atoms with E-state index in [0.29, 0.717) is 6.54 Å². The van der Waals surface area contributed by atoms with Crippen LogP contribution in [0, 0.1) is 13.8 Å². The van der Waals surface area contributed by atoms with Crippen LogP contribution in [0.3, 0.4) is 0 Å². The van der Waals surface area contributed by atoms with E-state index in [0.717, 1.165) is 22.5 Å². The molecular weight excluding hydrogens is 290 g/mol. The van der Waals surface area contributed by atoms with Gasteiger partial charge in [-0.2, -0.15) is 0 Å². The Labute approximate surface area is 136 Å². The van der Waals surface area contributed by atoms with Crippen molar-refractivity contribution in [3.8, 4) is 0 Å². The van der Waals surface area contributed by atoms with Gasteiger partial charge in [-0.3, -0.25) is 14.6 Å². The fourth-order valence-electron chi connectivity index (χ4n) is 2.33. The summed E-state index contributed by atoms with van der Waals surface area (Å²) in [6.07, 6.45) is 1.67. The van der Waals surface area contributed by atoms with Gasteiger partial charge in [0, 0.05) is 18.8 Å². The highest BCUT2D eigenvalue weighted by Crippen LogP contribution is 2.19. The largest absolute Gasteiger partial charge is 0.328 e. The standard InChI is InChI=1S/C18H21N3O2/c1-13-7-6-8-14(2)18(13)20-17(23)12-21(15(3)22)11-16-9-4-5-10-19-16/h4-10H,11-12H2,1-3H3,(H,20,23). The minimum atomic E-state index is -0.214. The van der Waals surface area contributed by atoms with Gasteiger partial charge >= 0.3 is 0 Å². The van der Waals surface area contributed by atoms with Gasteiger partial charge in [0.25, 0.3) is 0 Å². The summed E-state index contributed by atoms with van der Waals surface area (Å²) in [5, 5.41) is 2.90. The first-order chi connectivity index (χ1) is 11.0. The predicted octanol–water partition coefficient (Wildman–Crippen LogP) is 2.69. The fourth-order valence-corrected chi connectivity index (χ4v) is 2.33. The SMILES string of the molecule is CC(=O)N(CC(=O)Nc1c(C)cccc1C)Cc1ccccn1. The van der Waals surface area contributed by atoms with E-state index >= 15 is 0 Å². The Morgan fingerprint density at radius 3 is 2.35 bits per heavy atom. The lowest BCUT2D eigenvalue weighted by atomic mass is 10.1. The zero-order valence-electron chi connectivity index (χ0n) is 13.7. The van der Waals surface area contributed by atoms with Gasteiger partial charge in [-0.15, -0.1) is 0 Å². The molecule has 0 aliphatic rings. The summed E-state index contributed by atoms with van der Waals surface area (Å²) in [4.78, 5) is 29.8. The van der Waals surface area contributed by atoms with Crippen LogP contribution in [0.2, 0.25) is 0 Å². The van der Waals surface area contributed by atoms with E-state index < -0.39 is 0 Å². The Hall–Kier alpha value is -2.69. The lowest BCUT2D eigenvalue weighted by Crippen LogP contribution is -2.36. The molecule has 2 aromatic rings. The van der Waals surface area contributed by atoms with Crippen molar-refractivity contribution in [1.82, 2.24) is 9.88 Å². The number of nitrogens with zero attached hydrogens (tertiary/aromatic N) is 2. The first-order valence-corrected chi connectivity index (χ1v) is 7.49. The zero-order valence-corrected chi connectivity index (χ0v) is 13.7. The second kappa shape index (κ2) is 7.54. The van der Waals surface area contributed by atoms with Crippen LogP contribution in [0.25, 0.3) is 0 Å². The van der Waals surface area contributed by atoms with Crippen molar-refractivity contribution in [3.05, 3.63) is 59.4 Å². The second-order valence-electron chi connectivity index (χ2n) is 5.51. The predicted molar refractivity (Wildman–Crippen MR) is 89.9 cm³/mol. The molecule has 2 amide bonds. The van der Waals surface area contributed by atoms with Crippen LogP contribution in [0.5, 0.6) is 0 Å². The van der Waals surface area contributed by atoms with Crippen molar-refractivity contribution in [2.24, 2.45) is 0 Å². The number of nitrogens with one attached hydrogen (secondary N) is 1. The molecule has 0 aliphatic carbocycles. The first kappa shape index (κ1) is 16.7. The maximum absolute atomic E-state index is 12.3. The average Bonchev–Trinajstić information content (AvgIpc) is 2.51. The zero-order chi connectivity index (χ0) is 16.8. The Morgan fingerprint density at radius 1 is 1.09 bits per heavy atom. The topological polar surface area (TPSA) is 62.3 Å². The fraction of sp³-hybridized carbons (Fsp3) is 0.278. The molecule has 0 fully saturated rings. The van der Waals surface area contributed by atoms with Gasteiger partial charge in [-0.25, -0.2) is 0 Å². The molecule has 1 aromatic heterocycles. The van der Waals surface area contributed by atoms with Crippen LogP contribution in [0.1, 0.15) is 23.7 Å². The van der Waals surface area contributed by atoms with Gasteiger partial charge in [-0.05, 0) is 37.1 Å². The van der Waals surface area contributed by atoms with Crippen molar-refractivity contribution < 1.29 is 9.59 Å². The highest BCUT2D eigenvalue weighted by Gasteiger charge is 2.16. The van der Waals surface area contributed by atoms with Gasteiger partial charge in [0.05, 0.1) is 12.2 Å². The maximum Gasteiger partial charge on any atom is 0.244 e. The lowest BCUT2D eigenvalue weighted by Gasteiger charge is -2.21. The number of aromatic nitrogens is 1. The molecule has 5 heteroatoms. The number of hydrogen-bond donors (Lipinski definition) is 1. The molecule has 0 radical (unpaired) electrons. The van der Waals surface area contributed by atoms with E-state index in [1.165, 1.54) is 11.8 Å². The number of amides is 2. The third-order valence-corrected chi connectivity index (χ3v) is 3.60. The molecule has 0 saturated heterocycles. The number of carbonyl (C=O) groups excluding carboxylic acids is 2. The van der Waals surface area contributed by atoms with Crippen LogP contribution < -0.4 is 5.32 Å². The summed E-state index contributed by atoms with van der Waals surface area (Å²) in [5.41, 5.74) is 3.55. The molecule has 2 rings (SSSR count). The summed E-state index contributed by atoms with van der Waals surface area (Å²) in [7, 11) is 0. The second-order valence-corrected chi connectivity index (χ2v) is 5.51. The van der Waals surface area contributed by atoms with Gasteiger partial charge in [0.2, 0.25) is 11.8 Å². The van der Waals surface area contributed by atoms with Crippen molar-refractivity contribution in [2.75, 3.05) is 11.9 Å². The Balaban J connectivity index is 2.05. The highest BCUT2D eigenvalue weighted by atomic mass is 16.2. The summed E-state index contributed by atoms with van der Waals surface area (Å²) in [5.74, 6) is -0.374. The first-order valence-electron chi connectivity index (χ1n) is 7.49. The normalized spacial score (nSPS) is 10.2. The van der Waals surface area contributed by atoms with Gasteiger partial charge in [0.15, 0.2) is 0 Å². The molecule has 5 nitrogen and oxygen atoms in total. The molecule has 1 aromatic carbocycles. The number of carbonyl (C=O) groups is 2. The number of benzene rings is 1. The number of anilines is 1. The summed E-state index contributed by atoms with van der Waals surface area (Å²) in [6, 6.07) is 11.3. The van der Waals surface area contributed by atoms with E-state index in [9.17, 15) is 9.59 Å². The van der Waals surface area contributed by atoms with E-state index in [2.05, 4.69) is 10.3 Å². The minimum absolute atomic E-state index is 0.000316. The molecular formula is C18H21N3O2. The molecule has 0 atom stereocenters. The van der Waals surface area contributed by atoms with Crippen molar-refractivity contribution >= 4 is 17.5 Å². The van der Waals surface area contributed by atoms with Crippen LogP contribution in [-0.2, 0) is 16.1 Å². The Morgan fingerprint density at radius 2 is 1.78 bits per heavy atom.